The van der Waals surface area contributed by atoms with Crippen LogP contribution in [0.5, 0.6) is 0 Å². The molecule has 1 rings (SSSR count). The highest BCUT2D eigenvalue weighted by Gasteiger charge is 2.08. The second-order valence-electron chi connectivity index (χ2n) is 4.98. The molecule has 0 aliphatic heterocycles. The van der Waals surface area contributed by atoms with E-state index in [2.05, 4.69) is 15.6 Å². The van der Waals surface area contributed by atoms with Gasteiger partial charge in [0.15, 0.2) is 5.82 Å². The van der Waals surface area contributed by atoms with Gasteiger partial charge in [-0.15, -0.1) is 0 Å². The van der Waals surface area contributed by atoms with Crippen molar-refractivity contribution in [1.82, 2.24) is 14.9 Å². The Morgan fingerprint density at radius 1 is 1.37 bits per heavy atom. The maximum Gasteiger partial charge on any atom is 0.293 e. The van der Waals surface area contributed by atoms with Crippen molar-refractivity contribution in [1.29, 1.82) is 0 Å². The fourth-order valence-electron chi connectivity index (χ4n) is 1.64. The fraction of sp³-hybridized carbons (Fsp3) is 0.615. The zero-order valence-electron chi connectivity index (χ0n) is 11.9. The van der Waals surface area contributed by atoms with Crippen LogP contribution >= 0.6 is 0 Å². The molecule has 0 spiro atoms. The van der Waals surface area contributed by atoms with Gasteiger partial charge in [-0.25, -0.2) is 4.98 Å². The van der Waals surface area contributed by atoms with Gasteiger partial charge in [0.25, 0.3) is 5.56 Å². The number of aromatic nitrogens is 2. The Balaban J connectivity index is 2.57. The molecule has 0 saturated carbocycles. The van der Waals surface area contributed by atoms with E-state index < -0.39 is 0 Å². The molecule has 0 saturated heterocycles. The summed E-state index contributed by atoms with van der Waals surface area (Å²) < 4.78 is 1.60. The molecule has 0 atom stereocenters. The summed E-state index contributed by atoms with van der Waals surface area (Å²) in [7, 11) is 0. The zero-order valence-corrected chi connectivity index (χ0v) is 11.9. The highest BCUT2D eigenvalue weighted by Crippen LogP contribution is 2.01. The molecule has 0 fully saturated rings. The van der Waals surface area contributed by atoms with Crippen LogP contribution in [0.1, 0.15) is 40.2 Å². The molecule has 19 heavy (non-hydrogen) atoms. The number of carbonyl (C=O) groups excluding carboxylic acids is 1. The van der Waals surface area contributed by atoms with E-state index in [1.54, 1.807) is 17.0 Å². The predicted molar refractivity (Wildman–Crippen MR) is 75.3 cm³/mol. The molecule has 1 amide bonds. The molecule has 106 valence electrons. The quantitative estimate of drug-likeness (QED) is 0.810. The van der Waals surface area contributed by atoms with E-state index in [0.29, 0.717) is 13.0 Å². The third-order valence-corrected chi connectivity index (χ3v) is 2.52. The number of carbonyl (C=O) groups is 1. The van der Waals surface area contributed by atoms with Crippen molar-refractivity contribution in [3.8, 4) is 0 Å². The molecule has 0 aliphatic carbocycles. The van der Waals surface area contributed by atoms with Crippen LogP contribution in [-0.4, -0.2) is 28.0 Å². The largest absolute Gasteiger partial charge is 0.365 e. The first-order valence-electron chi connectivity index (χ1n) is 6.52. The van der Waals surface area contributed by atoms with Crippen LogP contribution in [0, 0.1) is 0 Å². The van der Waals surface area contributed by atoms with Crippen LogP contribution in [-0.2, 0) is 4.79 Å². The van der Waals surface area contributed by atoms with E-state index in [-0.39, 0.29) is 29.4 Å². The number of hydrogen-bond donors (Lipinski definition) is 2. The van der Waals surface area contributed by atoms with Gasteiger partial charge in [0.05, 0.1) is 0 Å². The summed E-state index contributed by atoms with van der Waals surface area (Å²) >= 11 is 0. The summed E-state index contributed by atoms with van der Waals surface area (Å²) in [5.74, 6) is 0.246. The first kappa shape index (κ1) is 15.2. The molecular weight excluding hydrogens is 244 g/mol. The average Bonchev–Trinajstić information content (AvgIpc) is 2.30. The fourth-order valence-corrected chi connectivity index (χ4v) is 1.64. The van der Waals surface area contributed by atoms with Crippen molar-refractivity contribution in [2.75, 3.05) is 11.9 Å². The van der Waals surface area contributed by atoms with E-state index in [1.807, 2.05) is 27.7 Å². The van der Waals surface area contributed by atoms with Gasteiger partial charge in [0, 0.05) is 37.4 Å². The van der Waals surface area contributed by atoms with Crippen molar-refractivity contribution in [3.05, 3.63) is 22.7 Å². The second kappa shape index (κ2) is 6.92. The van der Waals surface area contributed by atoms with Crippen LogP contribution in [0.3, 0.4) is 0 Å². The lowest BCUT2D eigenvalue weighted by atomic mass is 10.3. The third kappa shape index (κ3) is 4.73. The molecule has 0 unspecified atom stereocenters. The van der Waals surface area contributed by atoms with Gasteiger partial charge in [0.1, 0.15) is 0 Å². The molecule has 0 aromatic carbocycles. The number of rotatable bonds is 6. The Morgan fingerprint density at radius 3 is 2.63 bits per heavy atom. The van der Waals surface area contributed by atoms with Crippen molar-refractivity contribution >= 4 is 11.7 Å². The van der Waals surface area contributed by atoms with Gasteiger partial charge >= 0.3 is 0 Å². The summed E-state index contributed by atoms with van der Waals surface area (Å²) in [5, 5.41) is 5.70. The maximum absolute atomic E-state index is 12.0. The molecule has 1 aromatic heterocycles. The number of nitrogens with zero attached hydrogens (tertiary/aromatic N) is 2. The molecule has 0 bridgehead atoms. The summed E-state index contributed by atoms with van der Waals surface area (Å²) in [6, 6.07) is 0.209. The van der Waals surface area contributed by atoms with Gasteiger partial charge < -0.3 is 15.2 Å². The standard InChI is InChI=1S/C13H22N4O2/c1-9(2)16-11(18)5-6-14-12-13(19)17(10(3)4)8-7-15-12/h7-10H,5-6H2,1-4H3,(H,14,15)(H,16,18). The Bertz CT molecular complexity index is 480. The van der Waals surface area contributed by atoms with Gasteiger partial charge in [-0.05, 0) is 27.7 Å². The molecule has 1 heterocycles. The van der Waals surface area contributed by atoms with Crippen LogP contribution in [0.4, 0.5) is 5.82 Å². The monoisotopic (exact) mass is 266 g/mol. The lowest BCUT2D eigenvalue weighted by Crippen LogP contribution is -2.32. The first-order chi connectivity index (χ1) is 8.91. The predicted octanol–water partition coefficient (Wildman–Crippen LogP) is 1.15. The summed E-state index contributed by atoms with van der Waals surface area (Å²) in [4.78, 5) is 27.5. The average molecular weight is 266 g/mol. The Hall–Kier alpha value is -1.85. The van der Waals surface area contributed by atoms with Crippen LogP contribution in [0.2, 0.25) is 0 Å². The van der Waals surface area contributed by atoms with E-state index in [9.17, 15) is 9.59 Å². The van der Waals surface area contributed by atoms with Gasteiger partial charge in [-0.1, -0.05) is 0 Å². The number of amides is 1. The minimum Gasteiger partial charge on any atom is -0.365 e. The molecule has 6 nitrogen and oxygen atoms in total. The van der Waals surface area contributed by atoms with E-state index in [4.69, 9.17) is 0 Å². The Kier molecular flexibility index (Phi) is 5.54. The van der Waals surface area contributed by atoms with Gasteiger partial charge in [0.2, 0.25) is 5.91 Å². The van der Waals surface area contributed by atoms with Crippen molar-refractivity contribution < 1.29 is 4.79 Å². The highest BCUT2D eigenvalue weighted by atomic mass is 16.1. The molecule has 6 heteroatoms. The summed E-state index contributed by atoms with van der Waals surface area (Å²) in [6.07, 6.45) is 3.55. The lowest BCUT2D eigenvalue weighted by Gasteiger charge is -2.12. The molecular formula is C13H22N4O2. The van der Waals surface area contributed by atoms with E-state index in [0.717, 1.165) is 0 Å². The maximum atomic E-state index is 12.0. The molecule has 2 N–H and O–H groups in total. The third-order valence-electron chi connectivity index (χ3n) is 2.52. The van der Waals surface area contributed by atoms with E-state index in [1.165, 1.54) is 0 Å². The second-order valence-corrected chi connectivity index (χ2v) is 4.98. The van der Waals surface area contributed by atoms with Crippen LogP contribution in [0.15, 0.2) is 17.2 Å². The first-order valence-corrected chi connectivity index (χ1v) is 6.52. The lowest BCUT2D eigenvalue weighted by molar-refractivity contribution is -0.121. The van der Waals surface area contributed by atoms with Gasteiger partial charge in [-0.3, -0.25) is 9.59 Å². The molecule has 0 radical (unpaired) electrons. The highest BCUT2D eigenvalue weighted by molar-refractivity contribution is 5.76. The Morgan fingerprint density at radius 2 is 2.05 bits per heavy atom. The van der Waals surface area contributed by atoms with E-state index >= 15 is 0 Å². The van der Waals surface area contributed by atoms with Crippen molar-refractivity contribution in [2.24, 2.45) is 0 Å². The minimum atomic E-state index is -0.165. The number of hydrogen-bond acceptors (Lipinski definition) is 4. The minimum absolute atomic E-state index is 0.0392. The van der Waals surface area contributed by atoms with Crippen molar-refractivity contribution in [2.45, 2.75) is 46.2 Å². The molecule has 0 aliphatic rings. The summed E-state index contributed by atoms with van der Waals surface area (Å²) in [6.45, 7) is 8.07. The topological polar surface area (TPSA) is 76.0 Å². The smallest absolute Gasteiger partial charge is 0.293 e. The zero-order chi connectivity index (χ0) is 14.4. The van der Waals surface area contributed by atoms with Crippen LogP contribution in [0.25, 0.3) is 0 Å². The normalized spacial score (nSPS) is 10.8. The summed E-state index contributed by atoms with van der Waals surface area (Å²) in [5.41, 5.74) is -0.165. The van der Waals surface area contributed by atoms with Crippen molar-refractivity contribution in [3.63, 3.8) is 0 Å². The number of nitrogens with one attached hydrogen (secondary N) is 2. The number of anilines is 1. The van der Waals surface area contributed by atoms with Gasteiger partial charge in [-0.2, -0.15) is 0 Å². The Labute approximate surface area is 113 Å². The SMILES string of the molecule is CC(C)NC(=O)CCNc1nccn(C(C)C)c1=O. The van der Waals surface area contributed by atoms with Crippen LogP contribution < -0.4 is 16.2 Å². The molecule has 1 aromatic rings.